The van der Waals surface area contributed by atoms with Crippen molar-refractivity contribution in [2.24, 2.45) is 0 Å². The highest BCUT2D eigenvalue weighted by Gasteiger charge is 2.37. The fraction of sp³-hybridized carbons (Fsp3) is 0.223. The molecule has 1 N–H and O–H groups in total. The van der Waals surface area contributed by atoms with Crippen LogP contribution in [0.15, 0.2) is 219 Å². The predicted octanol–water partition coefficient (Wildman–Crippen LogP) is 18.9. The number of ketones is 1. The number of pyridine rings is 4. The monoisotopic (exact) mass is 1910 g/mol. The Morgan fingerprint density at radius 3 is 1.32 bits per heavy atom. The molecule has 0 bridgehead atoms. The van der Waals surface area contributed by atoms with Gasteiger partial charge >= 0.3 is 53.6 Å². The number of esters is 1. The Morgan fingerprint density at radius 1 is 0.457 bits per heavy atom. The third kappa shape index (κ3) is 26.9. The molecule has 0 unspecified atom stereocenters. The minimum Gasteiger partial charge on any atom is -0.463 e. The Bertz CT molecular complexity index is 6690. The van der Waals surface area contributed by atoms with E-state index in [1.165, 1.54) is 58.3 Å². The SMILES string of the molecule is C=O.CB1OCc2cc(Oc3ccc(C(C)=O)cc3C(F)(F)F)ccc21.CB1OCc2cc(Oc3ccc(C)c(C)n3)ccc21.CB1OCc2cc(Oc3ccc(C)c(CO)c3)ccc21.CB1OCc2cc(Oc3ccc(COC=O)c(COC=O)n3)ccc21.CB1OCc2cc(Oc3ncc(C)cc3Cl)ccc21.[C-]#[N+]c1ccc(Oc2cc(C(=O)OCC)ccc2Oc2ccc3c(c2)COB3C)nc1. The second-order valence-electron chi connectivity index (χ2n) is 32.9. The molecule has 27 nitrogen and oxygen atoms in total. The zero-order valence-electron chi connectivity index (χ0n) is 78.9. The molecule has 6 aliphatic heterocycles. The van der Waals surface area contributed by atoms with E-state index in [0.29, 0.717) is 127 Å². The van der Waals surface area contributed by atoms with Crippen molar-refractivity contribution in [3.05, 3.63) is 324 Å². The number of nitrogens with zero attached hydrogens (tertiary/aromatic N) is 5. The highest BCUT2D eigenvalue weighted by molar-refractivity contribution is 6.69. The van der Waals surface area contributed by atoms with Gasteiger partial charge in [0.1, 0.15) is 71.0 Å². The van der Waals surface area contributed by atoms with E-state index in [0.717, 1.165) is 90.1 Å². The molecule has 712 valence electrons. The largest absolute Gasteiger partial charge is 0.463 e. The van der Waals surface area contributed by atoms with Crippen molar-refractivity contribution in [2.75, 3.05) is 6.61 Å². The Kier molecular flexibility index (Phi) is 35.5. The number of ether oxygens (including phenoxy) is 10. The highest BCUT2D eigenvalue weighted by atomic mass is 35.5. The first-order chi connectivity index (χ1) is 67.5. The number of benzene rings is 9. The summed E-state index contributed by atoms with van der Waals surface area (Å²) in [5.74, 6) is 5.83. The number of hydrogen-bond acceptors (Lipinski definition) is 26. The number of aliphatic hydroxyl groups is 1. The average Bonchev–Trinajstić information content (AvgIpc) is 1.58. The Balaban J connectivity index is 0.000000142. The van der Waals surface area contributed by atoms with Gasteiger partial charge in [0.25, 0.3) is 12.9 Å². The van der Waals surface area contributed by atoms with Gasteiger partial charge in [-0.25, -0.2) is 29.6 Å². The molecular formula is C103H97B6ClF3N5O22. The molecule has 0 spiro atoms. The Morgan fingerprint density at radius 2 is 0.879 bits per heavy atom. The third-order valence-corrected chi connectivity index (χ3v) is 23.5. The molecule has 0 saturated carbocycles. The van der Waals surface area contributed by atoms with E-state index in [2.05, 4.69) is 50.6 Å². The van der Waals surface area contributed by atoms with Crippen LogP contribution in [0.2, 0.25) is 46.0 Å². The molecule has 140 heavy (non-hydrogen) atoms. The number of carbonyl (C=O) groups is 5. The number of rotatable bonds is 24. The lowest BCUT2D eigenvalue weighted by molar-refractivity contribution is -0.138. The van der Waals surface area contributed by atoms with Gasteiger partial charge in [0.05, 0.1) is 76.2 Å². The summed E-state index contributed by atoms with van der Waals surface area (Å²) >= 11 is 6.11. The molecule has 0 radical (unpaired) electrons. The van der Waals surface area contributed by atoms with E-state index in [9.17, 15) is 37.5 Å². The van der Waals surface area contributed by atoms with Crippen molar-refractivity contribution < 1.29 is 118 Å². The fourth-order valence-corrected chi connectivity index (χ4v) is 15.7. The van der Waals surface area contributed by atoms with Crippen molar-refractivity contribution in [1.29, 1.82) is 0 Å². The third-order valence-electron chi connectivity index (χ3n) is 23.2. The maximum Gasteiger partial charge on any atom is 0.420 e. The molecule has 37 heteroatoms. The van der Waals surface area contributed by atoms with Gasteiger partial charge in [0.15, 0.2) is 17.3 Å². The van der Waals surface area contributed by atoms with Crippen LogP contribution in [0.4, 0.5) is 18.9 Å². The summed E-state index contributed by atoms with van der Waals surface area (Å²) in [5, 5.41) is 9.81. The second kappa shape index (κ2) is 48.3. The highest BCUT2D eigenvalue weighted by Crippen LogP contribution is 2.42. The van der Waals surface area contributed by atoms with Crippen molar-refractivity contribution in [3.8, 4) is 81.0 Å². The number of fused-ring (bicyclic) bond motifs is 6. The van der Waals surface area contributed by atoms with Crippen LogP contribution in [0.1, 0.15) is 113 Å². The van der Waals surface area contributed by atoms with Crippen LogP contribution in [0.5, 0.6) is 81.0 Å². The fourth-order valence-electron chi connectivity index (χ4n) is 15.5. The summed E-state index contributed by atoms with van der Waals surface area (Å²) in [7, 11) is 0. The Labute approximate surface area is 816 Å². The summed E-state index contributed by atoms with van der Waals surface area (Å²) < 4.78 is 128. The van der Waals surface area contributed by atoms with Crippen LogP contribution >= 0.6 is 11.6 Å². The first kappa shape index (κ1) is 103. The summed E-state index contributed by atoms with van der Waals surface area (Å²) in [6, 6.07) is 60.9. The zero-order chi connectivity index (χ0) is 99.8. The van der Waals surface area contributed by atoms with Crippen LogP contribution in [0, 0.1) is 34.3 Å². The van der Waals surface area contributed by atoms with E-state index in [1.807, 2.05) is 177 Å². The van der Waals surface area contributed by atoms with Gasteiger partial charge in [0, 0.05) is 41.3 Å². The van der Waals surface area contributed by atoms with Crippen LogP contribution in [0.25, 0.3) is 4.85 Å². The molecular weight excluding hydrogens is 1820 g/mol. The number of halogens is 4. The van der Waals surface area contributed by atoms with Gasteiger partial charge < -0.3 is 85.2 Å². The van der Waals surface area contributed by atoms with Gasteiger partial charge in [-0.05, 0) is 276 Å². The molecule has 10 heterocycles. The molecule has 0 fully saturated rings. The van der Waals surface area contributed by atoms with Gasteiger partial charge in [-0.2, -0.15) is 13.2 Å². The maximum atomic E-state index is 13.3. The molecule has 13 aromatic rings. The summed E-state index contributed by atoms with van der Waals surface area (Å²) in [6.45, 7) is 37.1. The maximum absolute atomic E-state index is 13.3. The molecule has 0 atom stereocenters. The summed E-state index contributed by atoms with van der Waals surface area (Å²) in [4.78, 5) is 72.7. The van der Waals surface area contributed by atoms with E-state index < -0.39 is 23.5 Å². The summed E-state index contributed by atoms with van der Waals surface area (Å²) in [6.07, 6.45) is -1.46. The predicted molar refractivity (Wildman–Crippen MR) is 528 cm³/mol. The van der Waals surface area contributed by atoms with Gasteiger partial charge in [-0.1, -0.05) is 101 Å². The van der Waals surface area contributed by atoms with Crippen molar-refractivity contribution in [2.45, 2.75) is 148 Å². The van der Waals surface area contributed by atoms with Crippen molar-refractivity contribution >= 4 is 123 Å². The number of hydrogen-bond donors (Lipinski definition) is 1. The Hall–Kier alpha value is -14.4. The first-order valence-corrected chi connectivity index (χ1v) is 45.1. The van der Waals surface area contributed by atoms with E-state index in [1.54, 1.807) is 73.8 Å². The molecule has 6 aliphatic rings. The zero-order valence-corrected chi connectivity index (χ0v) is 79.7. The second-order valence-corrected chi connectivity index (χ2v) is 33.3. The number of Topliss-reactive ketones (excluding diaryl/α,β-unsaturated/α-hetero) is 1. The molecule has 4 aromatic heterocycles. The van der Waals surface area contributed by atoms with E-state index in [-0.39, 0.29) is 85.1 Å². The minimum absolute atomic E-state index is 0.00847. The number of aryl methyl sites for hydroxylation is 4. The quantitative estimate of drug-likeness (QED) is 0.0147. The lowest BCUT2D eigenvalue weighted by Crippen LogP contribution is -2.23. The van der Waals surface area contributed by atoms with Crippen LogP contribution < -0.4 is 65.9 Å². The van der Waals surface area contributed by atoms with Crippen molar-refractivity contribution in [1.82, 2.24) is 19.9 Å². The van der Waals surface area contributed by atoms with Gasteiger partial charge in [-0.15, -0.1) is 0 Å². The van der Waals surface area contributed by atoms with E-state index in [4.69, 9.17) is 98.3 Å². The minimum atomic E-state index is -4.62. The van der Waals surface area contributed by atoms with E-state index >= 15 is 0 Å². The standard InChI is InChI=1S/C23H19BN2O5.C17H14BF3O3.C17H16BNO6.C16H17BO3.C15H16BNO2.C14H13BClNO2.CH2O/c1-4-28-23(27)15-5-9-20(21(12-15)31-22-10-6-17(25-3)13-26-22)30-18-7-8-19-16(11-18)14-29-24(19)2;1-10(22)11-3-6-16(14(8-11)17(19,20)21)24-13-4-5-15-12(7-13)9-23-18(15)2;1-18-15-4-3-14(6-13(15)8-24-18)25-17-5-2-12(7-22-10-20)16(19-17)9-23-11-21;1-11-3-4-14(7-12(11)9-18)20-15-5-6-16-13(8-15)10-19-17(16)2;1-10-4-7-15(17-11(10)2)19-13-5-6-14-12(8-13)9-18-16(14)3;1-9-5-13(16)14(17-7-9)19-11-3-4-12-10(6-11)8-18-15(12)2;1-2/h5-13H,4,14H2,1-2H3;3-8H,9H2,1-2H3;2-6,10-11H,7-9H2,1H3;3-8,18H,9-10H2,1-2H3;4-8H,9H2,1-3H3;3-7H,8H2,1-2H3;1H2. The van der Waals surface area contributed by atoms with Crippen LogP contribution in [-0.4, -0.2) is 105 Å². The van der Waals surface area contributed by atoms with Gasteiger partial charge in [-0.3, -0.25) is 14.4 Å². The normalized spacial score (nSPS) is 12.9. The molecule has 0 aliphatic carbocycles. The number of carbonyl (C=O) groups excluding carboxylic acids is 5. The van der Waals surface area contributed by atoms with Crippen molar-refractivity contribution in [3.63, 3.8) is 0 Å². The lowest BCUT2D eigenvalue weighted by atomic mass is 9.64. The molecule has 0 amide bonds. The first-order valence-electron chi connectivity index (χ1n) is 44.7. The number of alkyl halides is 3. The lowest BCUT2D eigenvalue weighted by Gasteiger charge is -2.15. The smallest absolute Gasteiger partial charge is 0.420 e. The summed E-state index contributed by atoms with van der Waals surface area (Å²) in [5.41, 5.74) is 19.6. The molecule has 9 aromatic carbocycles. The average molecular weight is 1910 g/mol. The number of aliphatic hydroxyl groups excluding tert-OH is 1. The topological polar surface area (TPSA) is 309 Å². The van der Waals surface area contributed by atoms with Gasteiger partial charge in [0.2, 0.25) is 29.2 Å². The van der Waals surface area contributed by atoms with Crippen LogP contribution in [-0.2, 0) is 122 Å². The van der Waals surface area contributed by atoms with Crippen LogP contribution in [0.3, 0.4) is 0 Å². The number of aromatic nitrogens is 4. The molecule has 19 rings (SSSR count). The molecule has 0 saturated heterocycles.